The van der Waals surface area contributed by atoms with Crippen LogP contribution in [0.5, 0.6) is 11.5 Å². The average Bonchev–Trinajstić information content (AvgIpc) is 3.59. The van der Waals surface area contributed by atoms with Crippen LogP contribution in [0.4, 0.5) is 11.4 Å². The summed E-state index contributed by atoms with van der Waals surface area (Å²) in [6.45, 7) is 1.20. The number of rotatable bonds is 10. The smallest absolute Gasteiger partial charge is 0.299 e. The minimum Gasteiger partial charge on any atom is -0.497 e. The number of fused-ring (bicyclic) bond motifs is 1. The van der Waals surface area contributed by atoms with Crippen molar-refractivity contribution in [1.29, 1.82) is 0 Å². The van der Waals surface area contributed by atoms with Gasteiger partial charge in [0.05, 0.1) is 43.4 Å². The van der Waals surface area contributed by atoms with Crippen LogP contribution in [0.1, 0.15) is 22.3 Å². The monoisotopic (exact) mass is 584 g/mol. The van der Waals surface area contributed by atoms with Gasteiger partial charge in [-0.25, -0.2) is 4.98 Å². The molecule has 1 N–H and O–H groups in total. The number of carbonyl (C=O) groups excluding carboxylic acids is 4. The molecule has 5 rings (SSSR count). The Morgan fingerprint density at radius 3 is 2.48 bits per heavy atom. The number of carbonyl (C=O) groups is 4. The van der Waals surface area contributed by atoms with Crippen molar-refractivity contribution in [2.75, 3.05) is 31.0 Å². The number of anilines is 2. The third-order valence-corrected chi connectivity index (χ3v) is 7.77. The first-order valence-electron chi connectivity index (χ1n) is 13.1. The average molecular weight is 585 g/mol. The van der Waals surface area contributed by atoms with E-state index in [1.54, 1.807) is 49.4 Å². The molecule has 0 radical (unpaired) electrons. The van der Waals surface area contributed by atoms with E-state index in [1.165, 1.54) is 30.5 Å². The van der Waals surface area contributed by atoms with Crippen molar-refractivity contribution in [1.82, 2.24) is 9.88 Å². The molecule has 2 heterocycles. The first-order chi connectivity index (χ1) is 20.3. The van der Waals surface area contributed by atoms with E-state index in [4.69, 9.17) is 14.5 Å². The number of aromatic nitrogens is 1. The Bertz CT molecular complexity index is 1650. The highest BCUT2D eigenvalue weighted by Gasteiger charge is 2.38. The minimum atomic E-state index is -0.975. The molecule has 1 unspecified atom stereocenters. The molecule has 1 aliphatic rings. The molecule has 10 nitrogen and oxygen atoms in total. The van der Waals surface area contributed by atoms with Gasteiger partial charge >= 0.3 is 0 Å². The molecule has 1 atom stereocenters. The van der Waals surface area contributed by atoms with Gasteiger partial charge in [-0.05, 0) is 31.2 Å². The topological polar surface area (TPSA) is 118 Å². The highest BCUT2D eigenvalue weighted by Crippen LogP contribution is 2.31. The zero-order valence-corrected chi connectivity index (χ0v) is 24.0. The zero-order valence-electron chi connectivity index (χ0n) is 23.2. The van der Waals surface area contributed by atoms with Gasteiger partial charge in [0.25, 0.3) is 11.7 Å². The van der Waals surface area contributed by atoms with Crippen LogP contribution in [0.2, 0.25) is 0 Å². The van der Waals surface area contributed by atoms with Crippen LogP contribution in [-0.2, 0) is 20.9 Å². The number of hydrogen-bond acceptors (Lipinski definition) is 8. The molecule has 4 aromatic rings. The molecule has 0 spiro atoms. The highest BCUT2D eigenvalue weighted by atomic mass is 32.1. The van der Waals surface area contributed by atoms with E-state index in [2.05, 4.69) is 5.32 Å². The maximum Gasteiger partial charge on any atom is 0.299 e. The van der Waals surface area contributed by atoms with Crippen molar-refractivity contribution in [3.63, 3.8) is 0 Å². The minimum absolute atomic E-state index is 0.0162. The van der Waals surface area contributed by atoms with E-state index >= 15 is 0 Å². The lowest BCUT2D eigenvalue weighted by Crippen LogP contribution is -2.49. The van der Waals surface area contributed by atoms with Crippen molar-refractivity contribution < 1.29 is 28.7 Å². The van der Waals surface area contributed by atoms with E-state index in [0.717, 1.165) is 16.2 Å². The SMILES string of the molecule is COc1ccc(NC(=O)C(C)N(Cc2nc(-c3ccccc3)cs2)C(=O)CN2C(=O)C(=O)c3ccccc32)c(OC)c1. The van der Waals surface area contributed by atoms with Crippen LogP contribution >= 0.6 is 11.3 Å². The first kappa shape index (κ1) is 28.5. The van der Waals surface area contributed by atoms with Crippen LogP contribution in [0.15, 0.2) is 78.2 Å². The van der Waals surface area contributed by atoms with Gasteiger partial charge in [-0.15, -0.1) is 11.3 Å². The van der Waals surface area contributed by atoms with Crippen molar-refractivity contribution in [2.24, 2.45) is 0 Å². The third kappa shape index (κ3) is 5.72. The van der Waals surface area contributed by atoms with Crippen molar-refractivity contribution in [3.8, 4) is 22.8 Å². The molecule has 42 heavy (non-hydrogen) atoms. The molecule has 0 aliphatic carbocycles. The lowest BCUT2D eigenvalue weighted by Gasteiger charge is -2.29. The second-order valence-corrected chi connectivity index (χ2v) is 10.4. The van der Waals surface area contributed by atoms with E-state index in [9.17, 15) is 19.2 Å². The third-order valence-electron chi connectivity index (χ3n) is 6.93. The number of hydrogen-bond donors (Lipinski definition) is 1. The van der Waals surface area contributed by atoms with E-state index in [0.29, 0.717) is 27.9 Å². The van der Waals surface area contributed by atoms with Gasteiger partial charge in [0.1, 0.15) is 29.1 Å². The number of nitrogens with one attached hydrogen (secondary N) is 1. The molecule has 3 aromatic carbocycles. The largest absolute Gasteiger partial charge is 0.497 e. The Labute approximate surface area is 246 Å². The number of Topliss-reactive ketones (excluding diaryl/α,β-unsaturated/α-hetero) is 1. The Balaban J connectivity index is 1.42. The normalized spacial score (nSPS) is 13.0. The second kappa shape index (κ2) is 12.2. The molecule has 0 saturated carbocycles. The summed E-state index contributed by atoms with van der Waals surface area (Å²) in [5, 5.41) is 5.32. The number of methoxy groups -OCH3 is 2. The molecular formula is C31H28N4O6S. The molecular weight excluding hydrogens is 556 g/mol. The summed E-state index contributed by atoms with van der Waals surface area (Å²) in [6, 6.07) is 20.1. The number of thiazole rings is 1. The summed E-state index contributed by atoms with van der Waals surface area (Å²) >= 11 is 1.36. The van der Waals surface area contributed by atoms with Crippen LogP contribution in [0, 0.1) is 0 Å². The van der Waals surface area contributed by atoms with Gasteiger partial charge in [-0.3, -0.25) is 24.1 Å². The number of benzene rings is 3. The molecule has 214 valence electrons. The summed E-state index contributed by atoms with van der Waals surface area (Å²) in [5.74, 6) is -1.51. The second-order valence-electron chi connectivity index (χ2n) is 9.48. The van der Waals surface area contributed by atoms with E-state index in [1.807, 2.05) is 35.7 Å². The molecule has 0 saturated heterocycles. The maximum absolute atomic E-state index is 13.8. The fourth-order valence-corrected chi connectivity index (χ4v) is 5.42. The van der Waals surface area contributed by atoms with E-state index < -0.39 is 36.1 Å². The van der Waals surface area contributed by atoms with Gasteiger partial charge in [-0.2, -0.15) is 0 Å². The van der Waals surface area contributed by atoms with Crippen molar-refractivity contribution in [3.05, 3.63) is 88.7 Å². The fourth-order valence-electron chi connectivity index (χ4n) is 4.62. The van der Waals surface area contributed by atoms with Gasteiger partial charge in [0.2, 0.25) is 11.8 Å². The number of para-hydroxylation sites is 1. The standard InChI is InChI=1S/C31H28N4O6S/c1-19(30(38)33-23-14-13-21(40-2)15-26(23)41-3)34(16-27-32-24(18-42-27)20-9-5-4-6-10-20)28(36)17-35-25-12-8-7-11-22(25)29(37)31(35)39/h4-15,18-19H,16-17H2,1-3H3,(H,33,38). The summed E-state index contributed by atoms with van der Waals surface area (Å²) in [4.78, 5) is 59.9. The van der Waals surface area contributed by atoms with Crippen LogP contribution < -0.4 is 19.7 Å². The molecule has 1 aliphatic heterocycles. The first-order valence-corrected chi connectivity index (χ1v) is 14.0. The summed E-state index contributed by atoms with van der Waals surface area (Å²) in [7, 11) is 3.00. The Morgan fingerprint density at radius 2 is 1.74 bits per heavy atom. The molecule has 11 heteroatoms. The highest BCUT2D eigenvalue weighted by molar-refractivity contribution is 7.09. The van der Waals surface area contributed by atoms with Gasteiger partial charge in [-0.1, -0.05) is 42.5 Å². The fraction of sp³-hybridized carbons (Fsp3) is 0.194. The van der Waals surface area contributed by atoms with Crippen molar-refractivity contribution >= 4 is 46.2 Å². The number of nitrogens with zero attached hydrogens (tertiary/aromatic N) is 3. The molecule has 0 fully saturated rings. The quantitative estimate of drug-likeness (QED) is 0.274. The molecule has 3 amide bonds. The zero-order chi connectivity index (χ0) is 29.8. The van der Waals surface area contributed by atoms with Crippen LogP contribution in [0.25, 0.3) is 11.3 Å². The Morgan fingerprint density at radius 1 is 1.00 bits per heavy atom. The summed E-state index contributed by atoms with van der Waals surface area (Å²) < 4.78 is 10.6. The van der Waals surface area contributed by atoms with Crippen LogP contribution in [-0.4, -0.2) is 60.2 Å². The lowest BCUT2D eigenvalue weighted by molar-refractivity contribution is -0.138. The molecule has 0 bridgehead atoms. The van der Waals surface area contributed by atoms with Gasteiger partial charge < -0.3 is 19.7 Å². The van der Waals surface area contributed by atoms with Gasteiger partial charge in [0, 0.05) is 17.0 Å². The van der Waals surface area contributed by atoms with E-state index in [-0.39, 0.29) is 12.1 Å². The lowest BCUT2D eigenvalue weighted by atomic mass is 10.1. The number of ketones is 1. The Hall–Kier alpha value is -5.03. The van der Waals surface area contributed by atoms with Gasteiger partial charge in [0.15, 0.2) is 0 Å². The summed E-state index contributed by atoms with van der Waals surface area (Å²) in [6.07, 6.45) is 0. The maximum atomic E-state index is 13.8. The molecule has 1 aromatic heterocycles. The number of amides is 3. The number of ether oxygens (including phenoxy) is 2. The summed E-state index contributed by atoms with van der Waals surface area (Å²) in [5.41, 5.74) is 2.68. The van der Waals surface area contributed by atoms with Crippen LogP contribution in [0.3, 0.4) is 0 Å². The Kier molecular flexibility index (Phi) is 8.30. The van der Waals surface area contributed by atoms with Crippen molar-refractivity contribution in [2.45, 2.75) is 19.5 Å². The predicted octanol–water partition coefficient (Wildman–Crippen LogP) is 4.41. The predicted molar refractivity (Wildman–Crippen MR) is 159 cm³/mol.